The molecule has 2 N–H and O–H groups in total. The number of nitrogens with one attached hydrogen (secondary N) is 2. The van der Waals surface area contributed by atoms with Crippen LogP contribution in [0.5, 0.6) is 0 Å². The van der Waals surface area contributed by atoms with Crippen LogP contribution >= 0.6 is 0 Å². The van der Waals surface area contributed by atoms with Gasteiger partial charge in [0.1, 0.15) is 0 Å². The molecule has 0 radical (unpaired) electrons. The Hall–Kier alpha value is -1.10. The van der Waals surface area contributed by atoms with E-state index in [0.717, 1.165) is 18.9 Å². The molecule has 2 amide bonds. The predicted molar refractivity (Wildman–Crippen MR) is 64.4 cm³/mol. The van der Waals surface area contributed by atoms with Gasteiger partial charge in [0.2, 0.25) is 11.8 Å². The third-order valence-electron chi connectivity index (χ3n) is 3.41. The van der Waals surface area contributed by atoms with Gasteiger partial charge in [-0.15, -0.1) is 0 Å². The van der Waals surface area contributed by atoms with Gasteiger partial charge < -0.3 is 15.5 Å². The van der Waals surface area contributed by atoms with Gasteiger partial charge in [0.25, 0.3) is 0 Å². The first-order valence-electron chi connectivity index (χ1n) is 6.39. The van der Waals surface area contributed by atoms with E-state index in [4.69, 9.17) is 0 Å². The Morgan fingerprint density at radius 2 is 2.18 bits per heavy atom. The highest BCUT2D eigenvalue weighted by Gasteiger charge is 2.24. The molecule has 1 atom stereocenters. The minimum absolute atomic E-state index is 0.0402. The van der Waals surface area contributed by atoms with Crippen LogP contribution in [0, 0.1) is 5.92 Å². The molecule has 0 bridgehead atoms. The van der Waals surface area contributed by atoms with E-state index in [2.05, 4.69) is 10.6 Å². The molecule has 0 aromatic carbocycles. The van der Waals surface area contributed by atoms with Crippen molar-refractivity contribution in [3.05, 3.63) is 0 Å². The maximum atomic E-state index is 11.6. The number of hydrogen-bond acceptors (Lipinski definition) is 3. The standard InChI is InChI=1S/C12H21N3O2/c1-15-8-10(4-5-12(15)17)14-11(16)7-13-6-9-2-3-9/h9-10,13H,2-8H2,1H3,(H,14,16). The van der Waals surface area contributed by atoms with Crippen molar-refractivity contribution in [2.75, 3.05) is 26.7 Å². The Balaban J connectivity index is 1.61. The minimum atomic E-state index is 0.0402. The molecule has 0 spiro atoms. The molecule has 96 valence electrons. The first kappa shape index (κ1) is 12.4. The number of carbonyl (C=O) groups excluding carboxylic acids is 2. The van der Waals surface area contributed by atoms with E-state index in [1.807, 2.05) is 0 Å². The van der Waals surface area contributed by atoms with Gasteiger partial charge in [-0.3, -0.25) is 9.59 Å². The first-order chi connectivity index (χ1) is 8.15. The molecule has 0 aromatic heterocycles. The number of amides is 2. The van der Waals surface area contributed by atoms with Crippen LogP contribution in [-0.2, 0) is 9.59 Å². The Labute approximate surface area is 102 Å². The van der Waals surface area contributed by atoms with E-state index in [0.29, 0.717) is 19.5 Å². The monoisotopic (exact) mass is 239 g/mol. The maximum Gasteiger partial charge on any atom is 0.234 e. The summed E-state index contributed by atoms with van der Waals surface area (Å²) in [7, 11) is 1.78. The molecular formula is C12H21N3O2. The van der Waals surface area contributed by atoms with Crippen LogP contribution in [0.1, 0.15) is 25.7 Å². The normalized spacial score (nSPS) is 24.9. The summed E-state index contributed by atoms with van der Waals surface area (Å²) in [4.78, 5) is 24.6. The number of hydrogen-bond donors (Lipinski definition) is 2. The molecule has 2 fully saturated rings. The lowest BCUT2D eigenvalue weighted by molar-refractivity contribution is -0.133. The molecule has 5 nitrogen and oxygen atoms in total. The van der Waals surface area contributed by atoms with Crippen molar-refractivity contribution >= 4 is 11.8 Å². The van der Waals surface area contributed by atoms with Crippen LogP contribution in [-0.4, -0.2) is 49.4 Å². The van der Waals surface area contributed by atoms with Crippen LogP contribution in [0.3, 0.4) is 0 Å². The lowest BCUT2D eigenvalue weighted by atomic mass is 10.1. The highest BCUT2D eigenvalue weighted by atomic mass is 16.2. The smallest absolute Gasteiger partial charge is 0.234 e. The van der Waals surface area contributed by atoms with Gasteiger partial charge in [-0.1, -0.05) is 0 Å². The lowest BCUT2D eigenvalue weighted by Crippen LogP contribution is -2.50. The van der Waals surface area contributed by atoms with Gasteiger partial charge in [-0.05, 0) is 31.7 Å². The largest absolute Gasteiger partial charge is 0.350 e. The molecule has 0 aromatic rings. The van der Waals surface area contributed by atoms with Crippen LogP contribution in [0.15, 0.2) is 0 Å². The maximum absolute atomic E-state index is 11.6. The van der Waals surface area contributed by atoms with Crippen molar-refractivity contribution in [1.82, 2.24) is 15.5 Å². The summed E-state index contributed by atoms with van der Waals surface area (Å²) in [6, 6.07) is 0.118. The second-order valence-corrected chi connectivity index (χ2v) is 5.15. The Bertz CT molecular complexity index is 302. The summed E-state index contributed by atoms with van der Waals surface area (Å²) in [6.07, 6.45) is 3.89. The lowest BCUT2D eigenvalue weighted by Gasteiger charge is -2.30. The summed E-state index contributed by atoms with van der Waals surface area (Å²) in [5.41, 5.74) is 0. The predicted octanol–water partition coefficient (Wildman–Crippen LogP) is -0.277. The van der Waals surface area contributed by atoms with Gasteiger partial charge in [-0.25, -0.2) is 0 Å². The number of likely N-dealkylation sites (tertiary alicyclic amines) is 1. The molecule has 2 rings (SSSR count). The van der Waals surface area contributed by atoms with Gasteiger partial charge in [0.15, 0.2) is 0 Å². The molecule has 17 heavy (non-hydrogen) atoms. The summed E-state index contributed by atoms with van der Waals surface area (Å²) < 4.78 is 0. The van der Waals surface area contributed by atoms with E-state index in [9.17, 15) is 9.59 Å². The van der Waals surface area contributed by atoms with Crippen molar-refractivity contribution in [3.63, 3.8) is 0 Å². The van der Waals surface area contributed by atoms with Gasteiger partial charge in [0, 0.05) is 26.1 Å². The van der Waals surface area contributed by atoms with E-state index >= 15 is 0 Å². The van der Waals surface area contributed by atoms with Gasteiger partial charge >= 0.3 is 0 Å². The summed E-state index contributed by atoms with van der Waals surface area (Å²) >= 11 is 0. The van der Waals surface area contributed by atoms with Gasteiger partial charge in [-0.2, -0.15) is 0 Å². The third kappa shape index (κ3) is 4.00. The number of likely N-dealkylation sites (N-methyl/N-ethyl adjacent to an activating group) is 1. The average Bonchev–Trinajstić information content (AvgIpc) is 3.07. The molecule has 1 heterocycles. The number of nitrogens with zero attached hydrogens (tertiary/aromatic N) is 1. The second kappa shape index (κ2) is 5.49. The van der Waals surface area contributed by atoms with Crippen molar-refractivity contribution in [1.29, 1.82) is 0 Å². The third-order valence-corrected chi connectivity index (χ3v) is 3.41. The van der Waals surface area contributed by atoms with Gasteiger partial charge in [0.05, 0.1) is 6.54 Å². The van der Waals surface area contributed by atoms with Crippen LogP contribution in [0.4, 0.5) is 0 Å². The van der Waals surface area contributed by atoms with Crippen LogP contribution in [0.25, 0.3) is 0 Å². The van der Waals surface area contributed by atoms with E-state index < -0.39 is 0 Å². The number of piperidine rings is 1. The fraction of sp³-hybridized carbons (Fsp3) is 0.833. The average molecular weight is 239 g/mol. The summed E-state index contributed by atoms with van der Waals surface area (Å²) in [5, 5.41) is 6.13. The van der Waals surface area contributed by atoms with E-state index in [1.54, 1.807) is 11.9 Å². The molecule has 1 saturated carbocycles. The van der Waals surface area contributed by atoms with Crippen molar-refractivity contribution in [2.24, 2.45) is 5.92 Å². The SMILES string of the molecule is CN1CC(NC(=O)CNCC2CC2)CCC1=O. The zero-order chi connectivity index (χ0) is 12.3. The minimum Gasteiger partial charge on any atom is -0.350 e. The second-order valence-electron chi connectivity index (χ2n) is 5.15. The fourth-order valence-corrected chi connectivity index (χ4v) is 2.12. The molecule has 1 aliphatic heterocycles. The zero-order valence-corrected chi connectivity index (χ0v) is 10.4. The highest BCUT2D eigenvalue weighted by molar-refractivity contribution is 5.80. The molecule has 2 aliphatic rings. The molecule has 1 unspecified atom stereocenters. The Morgan fingerprint density at radius 1 is 1.41 bits per heavy atom. The van der Waals surface area contributed by atoms with Crippen molar-refractivity contribution in [3.8, 4) is 0 Å². The van der Waals surface area contributed by atoms with Crippen molar-refractivity contribution in [2.45, 2.75) is 31.7 Å². The number of rotatable bonds is 5. The highest BCUT2D eigenvalue weighted by Crippen LogP contribution is 2.27. The van der Waals surface area contributed by atoms with Crippen LogP contribution < -0.4 is 10.6 Å². The van der Waals surface area contributed by atoms with E-state index in [1.165, 1.54) is 12.8 Å². The molecular weight excluding hydrogens is 218 g/mol. The first-order valence-corrected chi connectivity index (χ1v) is 6.39. The summed E-state index contributed by atoms with van der Waals surface area (Å²) in [5.74, 6) is 1.00. The molecule has 1 aliphatic carbocycles. The fourth-order valence-electron chi connectivity index (χ4n) is 2.12. The Kier molecular flexibility index (Phi) is 3.99. The van der Waals surface area contributed by atoms with E-state index in [-0.39, 0.29) is 17.9 Å². The van der Waals surface area contributed by atoms with Crippen LogP contribution in [0.2, 0.25) is 0 Å². The summed E-state index contributed by atoms with van der Waals surface area (Å²) in [6.45, 7) is 1.98. The molecule has 1 saturated heterocycles. The van der Waals surface area contributed by atoms with Crippen molar-refractivity contribution < 1.29 is 9.59 Å². The number of carbonyl (C=O) groups is 2. The topological polar surface area (TPSA) is 61.4 Å². The quantitative estimate of drug-likeness (QED) is 0.694. The zero-order valence-electron chi connectivity index (χ0n) is 10.4. The Morgan fingerprint density at radius 3 is 2.82 bits per heavy atom. The molecule has 5 heteroatoms.